The molecule has 0 aromatic carbocycles. The molecule has 0 radical (unpaired) electrons. The van der Waals surface area contributed by atoms with E-state index in [0.717, 1.165) is 6.04 Å². The summed E-state index contributed by atoms with van der Waals surface area (Å²) in [6.07, 6.45) is 0. The van der Waals surface area contributed by atoms with Crippen molar-refractivity contribution in [2.24, 2.45) is 0 Å². The fourth-order valence-electron chi connectivity index (χ4n) is 0.424. The van der Waals surface area contributed by atoms with E-state index in [-0.39, 0.29) is 6.61 Å². The minimum atomic E-state index is -1.36. The van der Waals surface area contributed by atoms with Crippen molar-refractivity contribution >= 4 is 8.32 Å². The Bertz CT molecular complexity index is 73.5. The van der Waals surface area contributed by atoms with Crippen molar-refractivity contribution < 1.29 is 9.53 Å². The van der Waals surface area contributed by atoms with Gasteiger partial charge in [0.1, 0.15) is 0 Å². The van der Waals surface area contributed by atoms with Crippen LogP contribution in [-0.2, 0) is 4.43 Å². The van der Waals surface area contributed by atoms with Crippen molar-refractivity contribution in [1.29, 1.82) is 0 Å². The van der Waals surface area contributed by atoms with Gasteiger partial charge in [-0.3, -0.25) is 0 Å². The molecule has 0 heterocycles. The van der Waals surface area contributed by atoms with Gasteiger partial charge in [-0.1, -0.05) is 6.92 Å². The first-order valence-electron chi connectivity index (χ1n) is 3.37. The summed E-state index contributed by atoms with van der Waals surface area (Å²) in [4.78, 5) is 0. The van der Waals surface area contributed by atoms with Gasteiger partial charge in [-0.2, -0.15) is 0 Å². The van der Waals surface area contributed by atoms with E-state index in [1.807, 2.05) is 0 Å². The van der Waals surface area contributed by atoms with Gasteiger partial charge < -0.3 is 9.53 Å². The first kappa shape index (κ1) is 9.14. The molecule has 0 unspecified atom stereocenters. The van der Waals surface area contributed by atoms with Gasteiger partial charge >= 0.3 is 0 Å². The van der Waals surface area contributed by atoms with Gasteiger partial charge in [0, 0.05) is 0 Å². The van der Waals surface area contributed by atoms with Gasteiger partial charge in [-0.15, -0.1) is 0 Å². The number of rotatable bonds is 4. The highest BCUT2D eigenvalue weighted by Gasteiger charge is 2.18. The third-order valence-corrected chi connectivity index (χ3v) is 4.12. The lowest BCUT2D eigenvalue weighted by molar-refractivity contribution is 0.195. The Morgan fingerprint density at radius 1 is 1.44 bits per heavy atom. The molecule has 1 N–H and O–H groups in total. The van der Waals surface area contributed by atoms with Crippen molar-refractivity contribution in [3.05, 3.63) is 0 Å². The number of aliphatic hydroxyl groups excluding tert-OH is 1. The van der Waals surface area contributed by atoms with Crippen LogP contribution in [-0.4, -0.2) is 26.6 Å². The molecule has 0 bridgehead atoms. The van der Waals surface area contributed by atoms with E-state index in [2.05, 4.69) is 20.0 Å². The maximum Gasteiger partial charge on any atom is 0.186 e. The van der Waals surface area contributed by atoms with Crippen LogP contribution in [0.1, 0.15) is 6.92 Å². The topological polar surface area (TPSA) is 29.5 Å². The molecule has 0 saturated carbocycles. The second kappa shape index (κ2) is 4.03. The van der Waals surface area contributed by atoms with E-state index in [9.17, 15) is 0 Å². The van der Waals surface area contributed by atoms with E-state index >= 15 is 0 Å². The quantitative estimate of drug-likeness (QED) is 0.607. The van der Waals surface area contributed by atoms with Crippen LogP contribution in [0.15, 0.2) is 0 Å². The molecule has 3 heteroatoms. The normalized spacial score (nSPS) is 12.0. The standard InChI is InChI=1S/C6H16O2Si/c1-4-9(2,3)8-6-5-7/h7H,4-6H2,1-3H3. The fourth-order valence-corrected chi connectivity index (χ4v) is 1.27. The molecule has 0 aromatic rings. The van der Waals surface area contributed by atoms with Gasteiger partial charge in [0.25, 0.3) is 0 Å². The molecular weight excluding hydrogens is 132 g/mol. The van der Waals surface area contributed by atoms with Crippen LogP contribution in [0, 0.1) is 0 Å². The van der Waals surface area contributed by atoms with Crippen molar-refractivity contribution in [3.8, 4) is 0 Å². The molecule has 0 rings (SSSR count). The lowest BCUT2D eigenvalue weighted by atomic mass is 10.8. The van der Waals surface area contributed by atoms with Crippen molar-refractivity contribution in [3.63, 3.8) is 0 Å². The summed E-state index contributed by atoms with van der Waals surface area (Å²) in [6, 6.07) is 1.12. The van der Waals surface area contributed by atoms with Crippen molar-refractivity contribution in [1.82, 2.24) is 0 Å². The zero-order valence-electron chi connectivity index (χ0n) is 6.48. The largest absolute Gasteiger partial charge is 0.415 e. The summed E-state index contributed by atoms with van der Waals surface area (Å²) in [5.41, 5.74) is 0. The molecule has 0 spiro atoms. The molecule has 0 aliphatic carbocycles. The maximum atomic E-state index is 8.42. The summed E-state index contributed by atoms with van der Waals surface area (Å²) < 4.78 is 5.42. The third-order valence-electron chi connectivity index (χ3n) is 1.44. The molecule has 56 valence electrons. The Kier molecular flexibility index (Phi) is 4.09. The Hall–Kier alpha value is 0.137. The Labute approximate surface area is 58.0 Å². The molecule has 0 fully saturated rings. The van der Waals surface area contributed by atoms with E-state index in [1.165, 1.54) is 0 Å². The third kappa shape index (κ3) is 4.63. The zero-order valence-corrected chi connectivity index (χ0v) is 7.48. The average Bonchev–Trinajstić information content (AvgIpc) is 1.84. The minimum Gasteiger partial charge on any atom is -0.415 e. The highest BCUT2D eigenvalue weighted by Crippen LogP contribution is 2.08. The van der Waals surface area contributed by atoms with Crippen LogP contribution in [0.3, 0.4) is 0 Å². The van der Waals surface area contributed by atoms with Crippen LogP contribution in [0.5, 0.6) is 0 Å². The first-order chi connectivity index (χ1) is 4.12. The molecule has 2 nitrogen and oxygen atoms in total. The predicted molar refractivity (Wildman–Crippen MR) is 41.0 cm³/mol. The van der Waals surface area contributed by atoms with Gasteiger partial charge in [-0.05, 0) is 19.1 Å². The summed E-state index contributed by atoms with van der Waals surface area (Å²) in [7, 11) is -1.36. The Morgan fingerprint density at radius 3 is 2.33 bits per heavy atom. The lowest BCUT2D eigenvalue weighted by Gasteiger charge is -2.19. The first-order valence-corrected chi connectivity index (χ1v) is 6.49. The number of aliphatic hydroxyl groups is 1. The van der Waals surface area contributed by atoms with Crippen molar-refractivity contribution in [2.45, 2.75) is 26.1 Å². The molecular formula is C6H16O2Si. The van der Waals surface area contributed by atoms with E-state index < -0.39 is 8.32 Å². The summed E-state index contributed by atoms with van der Waals surface area (Å²) in [6.45, 7) is 7.10. The fraction of sp³-hybridized carbons (Fsp3) is 1.00. The monoisotopic (exact) mass is 148 g/mol. The van der Waals surface area contributed by atoms with Gasteiger partial charge in [0.2, 0.25) is 0 Å². The Balaban J connectivity index is 3.33. The zero-order chi connectivity index (χ0) is 7.33. The number of hydrogen-bond donors (Lipinski definition) is 1. The molecule has 0 aliphatic rings. The van der Waals surface area contributed by atoms with Gasteiger partial charge in [0.05, 0.1) is 13.2 Å². The lowest BCUT2D eigenvalue weighted by Crippen LogP contribution is -2.30. The van der Waals surface area contributed by atoms with Crippen LogP contribution in [0.4, 0.5) is 0 Å². The predicted octanol–water partition coefficient (Wildman–Crippen LogP) is 1.22. The highest BCUT2D eigenvalue weighted by atomic mass is 28.4. The second-order valence-electron chi connectivity index (χ2n) is 2.69. The SMILES string of the molecule is CC[Si](C)(C)OCCO. The highest BCUT2D eigenvalue weighted by molar-refractivity contribution is 6.71. The number of hydrogen-bond acceptors (Lipinski definition) is 2. The van der Waals surface area contributed by atoms with Gasteiger partial charge in [-0.25, -0.2) is 0 Å². The van der Waals surface area contributed by atoms with E-state index in [1.54, 1.807) is 0 Å². The second-order valence-corrected chi connectivity index (χ2v) is 7.20. The molecule has 9 heavy (non-hydrogen) atoms. The van der Waals surface area contributed by atoms with Crippen LogP contribution >= 0.6 is 0 Å². The smallest absolute Gasteiger partial charge is 0.186 e. The minimum absolute atomic E-state index is 0.149. The summed E-state index contributed by atoms with van der Waals surface area (Å²) >= 11 is 0. The molecule has 0 atom stereocenters. The van der Waals surface area contributed by atoms with Crippen LogP contribution < -0.4 is 0 Å². The molecule has 0 amide bonds. The maximum absolute atomic E-state index is 8.42. The van der Waals surface area contributed by atoms with Crippen LogP contribution in [0.25, 0.3) is 0 Å². The average molecular weight is 148 g/mol. The van der Waals surface area contributed by atoms with Gasteiger partial charge in [0.15, 0.2) is 8.32 Å². The molecule has 0 aliphatic heterocycles. The van der Waals surface area contributed by atoms with E-state index in [0.29, 0.717) is 6.61 Å². The van der Waals surface area contributed by atoms with Crippen molar-refractivity contribution in [2.75, 3.05) is 13.2 Å². The summed E-state index contributed by atoms with van der Waals surface area (Å²) in [5.74, 6) is 0. The molecule has 0 saturated heterocycles. The summed E-state index contributed by atoms with van der Waals surface area (Å²) in [5, 5.41) is 8.42. The van der Waals surface area contributed by atoms with Crippen LogP contribution in [0.2, 0.25) is 19.1 Å². The molecule has 0 aromatic heterocycles. The Morgan fingerprint density at radius 2 is 2.00 bits per heavy atom. The van der Waals surface area contributed by atoms with E-state index in [4.69, 9.17) is 9.53 Å².